The maximum Gasteiger partial charge on any atom is 0.232 e. The van der Waals surface area contributed by atoms with Gasteiger partial charge in [0.25, 0.3) is 0 Å². The number of anilines is 3. The smallest absolute Gasteiger partial charge is 0.232 e. The van der Waals surface area contributed by atoms with Crippen molar-refractivity contribution >= 4 is 29.2 Å². The molecule has 6 nitrogen and oxygen atoms in total. The number of rotatable bonds is 3. The summed E-state index contributed by atoms with van der Waals surface area (Å²) in [7, 11) is 0. The number of pyridine rings is 1. The molecule has 2 aromatic heterocycles. The van der Waals surface area contributed by atoms with Crippen molar-refractivity contribution in [3.8, 4) is 11.5 Å². The van der Waals surface area contributed by atoms with Crippen LogP contribution in [0.1, 0.15) is 0 Å². The summed E-state index contributed by atoms with van der Waals surface area (Å²) in [5.41, 5.74) is 7.12. The highest BCUT2D eigenvalue weighted by atomic mass is 35.5. The van der Waals surface area contributed by atoms with E-state index in [0.717, 1.165) is 5.69 Å². The van der Waals surface area contributed by atoms with Gasteiger partial charge in [-0.05, 0) is 24.3 Å². The highest BCUT2D eigenvalue weighted by molar-refractivity contribution is 6.30. The minimum absolute atomic E-state index is 0.111. The van der Waals surface area contributed by atoms with E-state index in [4.69, 9.17) is 17.3 Å². The van der Waals surface area contributed by atoms with E-state index in [1.54, 1.807) is 18.3 Å². The van der Waals surface area contributed by atoms with Crippen LogP contribution >= 0.6 is 11.6 Å². The van der Waals surface area contributed by atoms with Gasteiger partial charge in [-0.2, -0.15) is 15.0 Å². The van der Waals surface area contributed by atoms with Crippen LogP contribution in [0.25, 0.3) is 11.5 Å². The van der Waals surface area contributed by atoms with Crippen LogP contribution in [0.15, 0.2) is 48.7 Å². The third kappa shape index (κ3) is 3.24. The molecule has 0 amide bonds. The molecule has 0 spiro atoms. The van der Waals surface area contributed by atoms with Gasteiger partial charge in [0.15, 0.2) is 5.82 Å². The first-order chi connectivity index (χ1) is 10.2. The lowest BCUT2D eigenvalue weighted by molar-refractivity contribution is 1.06. The summed E-state index contributed by atoms with van der Waals surface area (Å²) in [6, 6.07) is 12.9. The van der Waals surface area contributed by atoms with Gasteiger partial charge in [-0.15, -0.1) is 0 Å². The first kappa shape index (κ1) is 13.3. The van der Waals surface area contributed by atoms with E-state index >= 15 is 0 Å². The molecule has 1 aromatic carbocycles. The number of aromatic nitrogens is 4. The predicted molar refractivity (Wildman–Crippen MR) is 82.2 cm³/mol. The molecule has 3 rings (SSSR count). The van der Waals surface area contributed by atoms with Gasteiger partial charge in [0.05, 0.1) is 0 Å². The lowest BCUT2D eigenvalue weighted by Gasteiger charge is -2.07. The zero-order chi connectivity index (χ0) is 14.7. The van der Waals surface area contributed by atoms with Crippen LogP contribution in [0.3, 0.4) is 0 Å². The summed E-state index contributed by atoms with van der Waals surface area (Å²) in [6.45, 7) is 0. The van der Waals surface area contributed by atoms with Crippen molar-refractivity contribution in [2.24, 2.45) is 0 Å². The molecule has 3 N–H and O–H groups in total. The van der Waals surface area contributed by atoms with Crippen LogP contribution in [0.2, 0.25) is 5.02 Å². The molecule has 3 aromatic rings. The number of hydrogen-bond acceptors (Lipinski definition) is 6. The van der Waals surface area contributed by atoms with E-state index in [-0.39, 0.29) is 5.95 Å². The Morgan fingerprint density at radius 1 is 1.00 bits per heavy atom. The third-order valence-electron chi connectivity index (χ3n) is 2.63. The van der Waals surface area contributed by atoms with Gasteiger partial charge < -0.3 is 11.1 Å². The summed E-state index contributed by atoms with van der Waals surface area (Å²) in [4.78, 5) is 16.6. The van der Waals surface area contributed by atoms with Gasteiger partial charge in [-0.3, -0.25) is 4.98 Å². The van der Waals surface area contributed by atoms with E-state index in [9.17, 15) is 0 Å². The van der Waals surface area contributed by atoms with Crippen LogP contribution < -0.4 is 11.1 Å². The minimum atomic E-state index is 0.111. The van der Waals surface area contributed by atoms with Crippen molar-refractivity contribution < 1.29 is 0 Å². The van der Waals surface area contributed by atoms with Crippen LogP contribution in [-0.4, -0.2) is 19.9 Å². The number of para-hydroxylation sites is 1. The molecule has 2 heterocycles. The molecule has 0 aliphatic heterocycles. The van der Waals surface area contributed by atoms with Crippen molar-refractivity contribution in [1.29, 1.82) is 0 Å². The van der Waals surface area contributed by atoms with Gasteiger partial charge in [-0.25, -0.2) is 0 Å². The molecular weight excluding hydrogens is 288 g/mol. The molecule has 0 atom stereocenters. The zero-order valence-electron chi connectivity index (χ0n) is 10.9. The molecule has 0 radical (unpaired) electrons. The second-order valence-electron chi connectivity index (χ2n) is 4.19. The fourth-order valence-electron chi connectivity index (χ4n) is 1.74. The summed E-state index contributed by atoms with van der Waals surface area (Å²) < 4.78 is 0. The van der Waals surface area contributed by atoms with E-state index in [2.05, 4.69) is 25.3 Å². The van der Waals surface area contributed by atoms with Crippen molar-refractivity contribution in [1.82, 2.24) is 19.9 Å². The van der Waals surface area contributed by atoms with Crippen molar-refractivity contribution in [2.75, 3.05) is 11.1 Å². The van der Waals surface area contributed by atoms with Crippen molar-refractivity contribution in [2.45, 2.75) is 0 Å². The maximum absolute atomic E-state index is 5.95. The normalized spacial score (nSPS) is 10.3. The number of hydrogen-bond donors (Lipinski definition) is 2. The lowest BCUT2D eigenvalue weighted by Crippen LogP contribution is -2.05. The van der Waals surface area contributed by atoms with Gasteiger partial charge >= 0.3 is 0 Å². The second kappa shape index (κ2) is 5.72. The number of halogens is 1. The average molecular weight is 299 g/mol. The van der Waals surface area contributed by atoms with Crippen LogP contribution in [0.5, 0.6) is 0 Å². The SMILES string of the molecule is Nc1nc(Nc2ccccc2)nc(-c2cc(Cl)ccn2)n1. The molecule has 0 saturated carbocycles. The Hall–Kier alpha value is -2.73. The monoisotopic (exact) mass is 298 g/mol. The summed E-state index contributed by atoms with van der Waals surface area (Å²) in [6.07, 6.45) is 1.59. The van der Waals surface area contributed by atoms with E-state index < -0.39 is 0 Å². The van der Waals surface area contributed by atoms with E-state index in [1.165, 1.54) is 0 Å². The number of nitrogens with two attached hydrogens (primary N) is 1. The van der Waals surface area contributed by atoms with Crippen LogP contribution in [0.4, 0.5) is 17.6 Å². The summed E-state index contributed by atoms with van der Waals surface area (Å²) in [5, 5.41) is 3.62. The largest absolute Gasteiger partial charge is 0.368 e. The molecule has 0 fully saturated rings. The molecule has 0 aliphatic rings. The quantitative estimate of drug-likeness (QED) is 0.773. The van der Waals surface area contributed by atoms with Gasteiger partial charge in [0.2, 0.25) is 11.9 Å². The van der Waals surface area contributed by atoms with E-state index in [0.29, 0.717) is 22.5 Å². The van der Waals surface area contributed by atoms with Gasteiger partial charge in [0.1, 0.15) is 5.69 Å². The van der Waals surface area contributed by atoms with Gasteiger partial charge in [0, 0.05) is 16.9 Å². The molecule has 7 heteroatoms. The molecule has 0 saturated heterocycles. The van der Waals surface area contributed by atoms with Crippen molar-refractivity contribution in [3.63, 3.8) is 0 Å². The average Bonchev–Trinajstić information content (AvgIpc) is 2.48. The highest BCUT2D eigenvalue weighted by Crippen LogP contribution is 2.19. The Morgan fingerprint density at radius 3 is 2.57 bits per heavy atom. The molecule has 0 aliphatic carbocycles. The predicted octanol–water partition coefficient (Wildman–Crippen LogP) is 2.91. The van der Waals surface area contributed by atoms with Gasteiger partial charge in [-0.1, -0.05) is 29.8 Å². The minimum Gasteiger partial charge on any atom is -0.368 e. The Kier molecular flexibility index (Phi) is 3.61. The second-order valence-corrected chi connectivity index (χ2v) is 4.63. The zero-order valence-corrected chi connectivity index (χ0v) is 11.6. The Morgan fingerprint density at radius 2 is 1.81 bits per heavy atom. The summed E-state index contributed by atoms with van der Waals surface area (Å²) in [5.74, 6) is 0.828. The topological polar surface area (TPSA) is 89.6 Å². The van der Waals surface area contributed by atoms with Crippen LogP contribution in [0, 0.1) is 0 Å². The number of nitrogens with zero attached hydrogens (tertiary/aromatic N) is 4. The molecule has 0 unspecified atom stereocenters. The van der Waals surface area contributed by atoms with Crippen LogP contribution in [-0.2, 0) is 0 Å². The third-order valence-corrected chi connectivity index (χ3v) is 2.87. The standard InChI is InChI=1S/C14H11ClN6/c15-9-6-7-17-11(8-9)12-19-13(16)21-14(20-12)18-10-4-2-1-3-5-10/h1-8H,(H3,16,18,19,20,21). The fourth-order valence-corrected chi connectivity index (χ4v) is 1.90. The maximum atomic E-state index is 5.95. The molecule has 0 bridgehead atoms. The fraction of sp³-hybridized carbons (Fsp3) is 0. The molecule has 104 valence electrons. The number of nitrogens with one attached hydrogen (secondary N) is 1. The molecule has 21 heavy (non-hydrogen) atoms. The Bertz CT molecular complexity index is 762. The number of benzene rings is 1. The highest BCUT2D eigenvalue weighted by Gasteiger charge is 2.08. The summed E-state index contributed by atoms with van der Waals surface area (Å²) >= 11 is 5.95. The van der Waals surface area contributed by atoms with E-state index in [1.807, 2.05) is 30.3 Å². The van der Waals surface area contributed by atoms with Crippen molar-refractivity contribution in [3.05, 3.63) is 53.7 Å². The number of nitrogen functional groups attached to an aromatic ring is 1. The lowest BCUT2D eigenvalue weighted by atomic mass is 10.3. The Balaban J connectivity index is 1.97. The molecular formula is C14H11ClN6. The first-order valence-electron chi connectivity index (χ1n) is 6.16. The first-order valence-corrected chi connectivity index (χ1v) is 6.54. The Labute approximate surface area is 126 Å².